The Morgan fingerprint density at radius 1 is 1.73 bits per heavy atom. The Morgan fingerprint density at radius 2 is 2.55 bits per heavy atom. The second-order valence-electron chi connectivity index (χ2n) is 1.80. The highest BCUT2D eigenvalue weighted by Crippen LogP contribution is 2.13. The van der Waals surface area contributed by atoms with Gasteiger partial charge in [-0.05, 0) is 6.07 Å². The van der Waals surface area contributed by atoms with E-state index in [0.717, 1.165) is 0 Å². The van der Waals surface area contributed by atoms with Crippen LogP contribution in [0.2, 0.25) is 0 Å². The SMILES string of the molecule is N#CCOc1ccc[c]c1F. The maximum Gasteiger partial charge on any atom is 0.174 e. The van der Waals surface area contributed by atoms with Crippen molar-refractivity contribution in [3.63, 3.8) is 0 Å². The maximum atomic E-state index is 12.6. The summed E-state index contributed by atoms with van der Waals surface area (Å²) in [4.78, 5) is 0. The highest BCUT2D eigenvalue weighted by molar-refractivity contribution is 5.22. The second-order valence-corrected chi connectivity index (χ2v) is 1.80. The van der Waals surface area contributed by atoms with Crippen LogP contribution in [0, 0.1) is 23.2 Å². The van der Waals surface area contributed by atoms with E-state index in [2.05, 4.69) is 6.07 Å². The zero-order chi connectivity index (χ0) is 8.10. The molecule has 0 aliphatic rings. The monoisotopic (exact) mass is 150 g/mol. The van der Waals surface area contributed by atoms with E-state index in [0.29, 0.717) is 0 Å². The van der Waals surface area contributed by atoms with Gasteiger partial charge >= 0.3 is 0 Å². The normalized spacial score (nSPS) is 8.73. The zero-order valence-corrected chi connectivity index (χ0v) is 5.67. The molecule has 0 unspecified atom stereocenters. The first-order chi connectivity index (χ1) is 5.34. The topological polar surface area (TPSA) is 33.0 Å². The molecule has 11 heavy (non-hydrogen) atoms. The van der Waals surface area contributed by atoms with Crippen LogP contribution in [0.15, 0.2) is 18.2 Å². The van der Waals surface area contributed by atoms with Gasteiger partial charge in [-0.2, -0.15) is 5.26 Å². The number of benzene rings is 1. The summed E-state index contributed by atoms with van der Waals surface area (Å²) in [5.41, 5.74) is 0. The molecule has 0 amide bonds. The number of nitrogens with zero attached hydrogens (tertiary/aromatic N) is 1. The van der Waals surface area contributed by atoms with Crippen LogP contribution in [0.1, 0.15) is 0 Å². The van der Waals surface area contributed by atoms with Crippen molar-refractivity contribution in [3.05, 3.63) is 30.1 Å². The summed E-state index contributed by atoms with van der Waals surface area (Å²) >= 11 is 0. The van der Waals surface area contributed by atoms with E-state index < -0.39 is 5.82 Å². The number of ether oxygens (including phenoxy) is 1. The molecule has 1 aromatic carbocycles. The van der Waals surface area contributed by atoms with E-state index in [1.165, 1.54) is 12.1 Å². The molecule has 0 aliphatic carbocycles. The predicted octanol–water partition coefficient (Wildman–Crippen LogP) is 1.53. The standard InChI is InChI=1S/C8H5FNO/c9-7-3-1-2-4-8(7)11-6-5-10/h1-2,4H,6H2. The predicted molar refractivity (Wildman–Crippen MR) is 36.3 cm³/mol. The van der Waals surface area contributed by atoms with Gasteiger partial charge in [0.2, 0.25) is 0 Å². The van der Waals surface area contributed by atoms with Crippen LogP contribution in [0.5, 0.6) is 5.75 Å². The van der Waals surface area contributed by atoms with Gasteiger partial charge in [-0.25, -0.2) is 4.39 Å². The summed E-state index contributed by atoms with van der Waals surface area (Å²) < 4.78 is 17.3. The van der Waals surface area contributed by atoms with E-state index >= 15 is 0 Å². The minimum atomic E-state index is -0.567. The molecule has 0 spiro atoms. The average Bonchev–Trinajstić information content (AvgIpc) is 2.03. The van der Waals surface area contributed by atoms with Gasteiger partial charge in [-0.15, -0.1) is 0 Å². The van der Waals surface area contributed by atoms with Gasteiger partial charge in [0.1, 0.15) is 6.07 Å². The zero-order valence-electron chi connectivity index (χ0n) is 5.67. The largest absolute Gasteiger partial charge is 0.476 e. The van der Waals surface area contributed by atoms with E-state index in [1.807, 2.05) is 0 Å². The van der Waals surface area contributed by atoms with Gasteiger partial charge in [0.25, 0.3) is 0 Å². The quantitative estimate of drug-likeness (QED) is 0.640. The number of hydrogen-bond donors (Lipinski definition) is 0. The fourth-order valence-corrected chi connectivity index (χ4v) is 0.623. The molecule has 55 valence electrons. The molecule has 0 atom stereocenters. The summed E-state index contributed by atoms with van der Waals surface area (Å²) in [6.45, 7) is -0.144. The first kappa shape index (κ1) is 7.55. The van der Waals surface area contributed by atoms with Gasteiger partial charge in [0.15, 0.2) is 18.2 Å². The summed E-state index contributed by atoms with van der Waals surface area (Å²) in [5, 5.41) is 8.11. The number of rotatable bonds is 2. The number of hydrogen-bond acceptors (Lipinski definition) is 2. The summed E-state index contributed by atoms with van der Waals surface area (Å²) in [7, 11) is 0. The molecular formula is C8H5FNO. The molecule has 0 N–H and O–H groups in total. The van der Waals surface area contributed by atoms with Crippen LogP contribution >= 0.6 is 0 Å². The van der Waals surface area contributed by atoms with Crippen molar-refractivity contribution >= 4 is 0 Å². The number of halogens is 1. The molecular weight excluding hydrogens is 145 g/mol. The van der Waals surface area contributed by atoms with E-state index in [4.69, 9.17) is 10.00 Å². The molecule has 0 bridgehead atoms. The highest BCUT2D eigenvalue weighted by atomic mass is 19.1. The molecule has 1 rings (SSSR count). The molecule has 0 saturated carbocycles. The minimum Gasteiger partial charge on any atom is -0.476 e. The van der Waals surface area contributed by atoms with Crippen LogP contribution < -0.4 is 4.74 Å². The van der Waals surface area contributed by atoms with Crippen molar-refractivity contribution < 1.29 is 9.13 Å². The van der Waals surface area contributed by atoms with Gasteiger partial charge in [0, 0.05) is 6.07 Å². The van der Waals surface area contributed by atoms with Crippen molar-refractivity contribution in [2.75, 3.05) is 6.61 Å². The summed E-state index contributed by atoms with van der Waals surface area (Å²) in [6.07, 6.45) is 0. The Kier molecular flexibility index (Phi) is 2.45. The van der Waals surface area contributed by atoms with Crippen LogP contribution in [-0.2, 0) is 0 Å². The van der Waals surface area contributed by atoms with Crippen LogP contribution in [0.25, 0.3) is 0 Å². The maximum absolute atomic E-state index is 12.6. The van der Waals surface area contributed by atoms with Crippen molar-refractivity contribution in [1.29, 1.82) is 5.26 Å². The fourth-order valence-electron chi connectivity index (χ4n) is 0.623. The molecule has 1 aromatic rings. The lowest BCUT2D eigenvalue weighted by Crippen LogP contribution is -1.95. The minimum absolute atomic E-state index is 0.0639. The van der Waals surface area contributed by atoms with Crippen LogP contribution in [-0.4, -0.2) is 6.61 Å². The lowest BCUT2D eigenvalue weighted by atomic mass is 10.3. The first-order valence-corrected chi connectivity index (χ1v) is 3.00. The molecule has 1 radical (unpaired) electrons. The van der Waals surface area contributed by atoms with E-state index in [-0.39, 0.29) is 12.4 Å². The lowest BCUT2D eigenvalue weighted by molar-refractivity contribution is 0.346. The average molecular weight is 150 g/mol. The van der Waals surface area contributed by atoms with Crippen molar-refractivity contribution in [1.82, 2.24) is 0 Å². The third-order valence-corrected chi connectivity index (χ3v) is 1.06. The Labute approximate surface area is 63.8 Å². The third-order valence-electron chi connectivity index (χ3n) is 1.06. The molecule has 0 aliphatic heterocycles. The van der Waals surface area contributed by atoms with E-state index in [9.17, 15) is 4.39 Å². The van der Waals surface area contributed by atoms with Gasteiger partial charge < -0.3 is 4.74 Å². The Hall–Kier alpha value is -1.56. The molecule has 3 heteroatoms. The summed E-state index contributed by atoms with van der Waals surface area (Å²) in [5.74, 6) is -0.503. The Balaban J connectivity index is 2.71. The van der Waals surface area contributed by atoms with Gasteiger partial charge in [-0.1, -0.05) is 12.1 Å². The number of nitriles is 1. The molecule has 0 aromatic heterocycles. The van der Waals surface area contributed by atoms with Crippen molar-refractivity contribution in [2.45, 2.75) is 0 Å². The van der Waals surface area contributed by atoms with Crippen LogP contribution in [0.3, 0.4) is 0 Å². The van der Waals surface area contributed by atoms with E-state index in [1.54, 1.807) is 12.1 Å². The van der Waals surface area contributed by atoms with Gasteiger partial charge in [0.05, 0.1) is 0 Å². The van der Waals surface area contributed by atoms with Crippen molar-refractivity contribution in [3.8, 4) is 11.8 Å². The van der Waals surface area contributed by atoms with Gasteiger partial charge in [-0.3, -0.25) is 0 Å². The first-order valence-electron chi connectivity index (χ1n) is 3.00. The molecule has 2 nitrogen and oxygen atoms in total. The third kappa shape index (κ3) is 1.94. The molecule has 0 fully saturated rings. The van der Waals surface area contributed by atoms with Crippen molar-refractivity contribution in [2.24, 2.45) is 0 Å². The summed E-state index contributed by atoms with van der Waals surface area (Å²) in [6, 6.07) is 8.53. The smallest absolute Gasteiger partial charge is 0.174 e. The molecule has 0 heterocycles. The second kappa shape index (κ2) is 3.57. The molecule has 0 saturated heterocycles. The Bertz CT molecular complexity index is 280. The lowest BCUT2D eigenvalue weighted by Gasteiger charge is -2.00. The Morgan fingerprint density at radius 3 is 3.18 bits per heavy atom. The van der Waals surface area contributed by atoms with Crippen LogP contribution in [0.4, 0.5) is 4.39 Å². The highest BCUT2D eigenvalue weighted by Gasteiger charge is 1.99. The fraction of sp³-hybridized carbons (Fsp3) is 0.125.